The molecule has 0 bridgehead atoms. The molecule has 2 atom stereocenters. The van der Waals surface area contributed by atoms with Crippen molar-refractivity contribution in [3.8, 4) is 5.75 Å². The Morgan fingerprint density at radius 2 is 2.20 bits per heavy atom. The topological polar surface area (TPSA) is 38.5 Å². The maximum absolute atomic E-state index is 6.07. The third-order valence-electron chi connectivity index (χ3n) is 4.33. The van der Waals surface area contributed by atoms with Crippen molar-refractivity contribution >= 4 is 15.9 Å². The first kappa shape index (κ1) is 15.8. The zero-order valence-electron chi connectivity index (χ0n) is 12.4. The highest BCUT2D eigenvalue weighted by molar-refractivity contribution is 9.10. The number of hydrogen-bond acceptors (Lipinski definition) is 3. The van der Waals surface area contributed by atoms with E-state index in [9.17, 15) is 0 Å². The van der Waals surface area contributed by atoms with E-state index in [0.29, 0.717) is 12.0 Å². The van der Waals surface area contributed by atoms with Gasteiger partial charge in [0.1, 0.15) is 5.75 Å². The van der Waals surface area contributed by atoms with Gasteiger partial charge in [-0.15, -0.1) is 0 Å². The Balaban J connectivity index is 2.45. The van der Waals surface area contributed by atoms with Crippen LogP contribution in [0, 0.1) is 5.92 Å². The summed E-state index contributed by atoms with van der Waals surface area (Å²) in [5, 5.41) is 0. The van der Waals surface area contributed by atoms with Crippen LogP contribution in [0.3, 0.4) is 0 Å². The minimum atomic E-state index is 0.361. The molecule has 0 radical (unpaired) electrons. The molecule has 112 valence electrons. The van der Waals surface area contributed by atoms with Crippen LogP contribution >= 0.6 is 15.9 Å². The lowest BCUT2D eigenvalue weighted by atomic mass is 9.88. The summed E-state index contributed by atoms with van der Waals surface area (Å²) >= 11 is 3.59. The van der Waals surface area contributed by atoms with E-state index in [1.54, 1.807) is 7.11 Å². The smallest absolute Gasteiger partial charge is 0.123 e. The third-order valence-corrected chi connectivity index (χ3v) is 4.82. The van der Waals surface area contributed by atoms with E-state index in [2.05, 4.69) is 33.8 Å². The average Bonchev–Trinajstić information content (AvgIpc) is 2.68. The standard InChI is InChI=1S/C16H25BrN2O/c1-3-19-9-5-4-6-12(11-18)16(19)14-10-13(17)7-8-15(14)20-2/h7-8,10,12,16H,3-6,9,11,18H2,1-2H3. The van der Waals surface area contributed by atoms with Crippen LogP contribution in [0.25, 0.3) is 0 Å². The number of nitrogens with two attached hydrogens (primary N) is 1. The number of halogens is 1. The van der Waals surface area contributed by atoms with Gasteiger partial charge in [-0.05, 0) is 56.6 Å². The zero-order chi connectivity index (χ0) is 14.5. The minimum Gasteiger partial charge on any atom is -0.496 e. The van der Waals surface area contributed by atoms with Crippen molar-refractivity contribution in [1.82, 2.24) is 4.90 Å². The van der Waals surface area contributed by atoms with Crippen LogP contribution in [0.2, 0.25) is 0 Å². The Morgan fingerprint density at radius 1 is 1.40 bits per heavy atom. The van der Waals surface area contributed by atoms with Gasteiger partial charge in [-0.25, -0.2) is 0 Å². The molecule has 3 nitrogen and oxygen atoms in total. The Morgan fingerprint density at radius 3 is 2.85 bits per heavy atom. The van der Waals surface area contributed by atoms with Gasteiger partial charge < -0.3 is 10.5 Å². The number of nitrogens with zero attached hydrogens (tertiary/aromatic N) is 1. The van der Waals surface area contributed by atoms with Crippen molar-refractivity contribution in [2.24, 2.45) is 11.7 Å². The monoisotopic (exact) mass is 340 g/mol. The van der Waals surface area contributed by atoms with Crippen LogP contribution in [-0.4, -0.2) is 31.6 Å². The maximum atomic E-state index is 6.07. The number of likely N-dealkylation sites (tertiary alicyclic amines) is 1. The zero-order valence-corrected chi connectivity index (χ0v) is 14.0. The fourth-order valence-electron chi connectivity index (χ4n) is 3.31. The lowest BCUT2D eigenvalue weighted by Gasteiger charge is -2.35. The van der Waals surface area contributed by atoms with Gasteiger partial charge in [0.2, 0.25) is 0 Å². The van der Waals surface area contributed by atoms with Gasteiger partial charge in [0.05, 0.1) is 7.11 Å². The van der Waals surface area contributed by atoms with Gasteiger partial charge in [0.25, 0.3) is 0 Å². The fraction of sp³-hybridized carbons (Fsp3) is 0.625. The Bertz CT molecular complexity index is 424. The first-order valence-corrected chi connectivity index (χ1v) is 8.28. The first-order valence-electron chi connectivity index (χ1n) is 7.48. The summed E-state index contributed by atoms with van der Waals surface area (Å²) in [6, 6.07) is 6.64. The van der Waals surface area contributed by atoms with E-state index < -0.39 is 0 Å². The molecule has 0 aromatic heterocycles. The summed E-state index contributed by atoms with van der Waals surface area (Å²) in [6.45, 7) is 5.16. The second-order valence-electron chi connectivity index (χ2n) is 5.45. The predicted molar refractivity (Wildman–Crippen MR) is 87.1 cm³/mol. The van der Waals surface area contributed by atoms with Gasteiger partial charge in [-0.1, -0.05) is 29.3 Å². The summed E-state index contributed by atoms with van der Waals surface area (Å²) in [6.07, 6.45) is 3.73. The maximum Gasteiger partial charge on any atom is 0.123 e. The summed E-state index contributed by atoms with van der Waals surface area (Å²) in [7, 11) is 1.75. The molecule has 2 unspecified atom stereocenters. The van der Waals surface area contributed by atoms with Crippen LogP contribution in [0.1, 0.15) is 37.8 Å². The molecule has 2 N–H and O–H groups in total. The van der Waals surface area contributed by atoms with Crippen LogP contribution in [-0.2, 0) is 0 Å². The van der Waals surface area contributed by atoms with E-state index in [4.69, 9.17) is 10.5 Å². The number of benzene rings is 1. The number of rotatable bonds is 4. The Kier molecular flexibility index (Phi) is 5.87. The molecule has 0 aliphatic carbocycles. The molecule has 1 fully saturated rings. The third kappa shape index (κ3) is 3.35. The van der Waals surface area contributed by atoms with Crippen molar-refractivity contribution in [3.05, 3.63) is 28.2 Å². The summed E-state index contributed by atoms with van der Waals surface area (Å²) in [4.78, 5) is 2.55. The lowest BCUT2D eigenvalue weighted by molar-refractivity contribution is 0.163. The highest BCUT2D eigenvalue weighted by Crippen LogP contribution is 2.39. The van der Waals surface area contributed by atoms with Gasteiger partial charge in [0, 0.05) is 16.1 Å². The molecule has 1 aliphatic rings. The van der Waals surface area contributed by atoms with Crippen molar-refractivity contribution in [2.45, 2.75) is 32.2 Å². The van der Waals surface area contributed by atoms with Crippen molar-refractivity contribution in [2.75, 3.05) is 26.7 Å². The highest BCUT2D eigenvalue weighted by atomic mass is 79.9. The van der Waals surface area contributed by atoms with Gasteiger partial charge in [-0.3, -0.25) is 4.90 Å². The van der Waals surface area contributed by atoms with Gasteiger partial charge in [-0.2, -0.15) is 0 Å². The molecule has 1 saturated heterocycles. The fourth-order valence-corrected chi connectivity index (χ4v) is 3.68. The normalized spacial score (nSPS) is 24.4. The number of ether oxygens (including phenoxy) is 1. The molecule has 1 aliphatic heterocycles. The quantitative estimate of drug-likeness (QED) is 0.910. The summed E-state index contributed by atoms with van der Waals surface area (Å²) in [5.74, 6) is 1.47. The van der Waals surface area contributed by atoms with Crippen LogP contribution in [0.5, 0.6) is 5.75 Å². The molecule has 1 aromatic carbocycles. The van der Waals surface area contributed by atoms with E-state index in [0.717, 1.165) is 29.9 Å². The van der Waals surface area contributed by atoms with Crippen LogP contribution < -0.4 is 10.5 Å². The van der Waals surface area contributed by atoms with Crippen molar-refractivity contribution in [1.29, 1.82) is 0 Å². The number of hydrogen-bond donors (Lipinski definition) is 1. The largest absolute Gasteiger partial charge is 0.496 e. The van der Waals surface area contributed by atoms with Gasteiger partial charge in [0.15, 0.2) is 0 Å². The molecular formula is C16H25BrN2O. The molecular weight excluding hydrogens is 316 g/mol. The average molecular weight is 341 g/mol. The second-order valence-corrected chi connectivity index (χ2v) is 6.37. The first-order chi connectivity index (χ1) is 9.71. The molecule has 1 heterocycles. The molecule has 2 rings (SSSR count). The summed E-state index contributed by atoms with van der Waals surface area (Å²) in [5.41, 5.74) is 7.33. The van der Waals surface area contributed by atoms with E-state index >= 15 is 0 Å². The summed E-state index contributed by atoms with van der Waals surface area (Å²) < 4.78 is 6.69. The van der Waals surface area contributed by atoms with E-state index in [-0.39, 0.29) is 0 Å². The molecule has 4 heteroatoms. The molecule has 1 aromatic rings. The van der Waals surface area contributed by atoms with Crippen molar-refractivity contribution < 1.29 is 4.74 Å². The number of methoxy groups -OCH3 is 1. The molecule has 20 heavy (non-hydrogen) atoms. The lowest BCUT2D eigenvalue weighted by Crippen LogP contribution is -2.35. The molecule has 0 amide bonds. The Labute approximate surface area is 130 Å². The SMILES string of the molecule is CCN1CCCCC(CN)C1c1cc(Br)ccc1OC. The van der Waals surface area contributed by atoms with Crippen LogP contribution in [0.15, 0.2) is 22.7 Å². The van der Waals surface area contributed by atoms with Gasteiger partial charge >= 0.3 is 0 Å². The van der Waals surface area contributed by atoms with Crippen molar-refractivity contribution in [3.63, 3.8) is 0 Å². The molecule has 0 saturated carbocycles. The van der Waals surface area contributed by atoms with E-state index in [1.165, 1.54) is 24.8 Å². The highest BCUT2D eigenvalue weighted by Gasteiger charge is 2.31. The minimum absolute atomic E-state index is 0.361. The molecule has 0 spiro atoms. The van der Waals surface area contributed by atoms with Crippen LogP contribution in [0.4, 0.5) is 0 Å². The Hall–Kier alpha value is -0.580. The van der Waals surface area contributed by atoms with E-state index in [1.807, 2.05) is 12.1 Å². The predicted octanol–water partition coefficient (Wildman–Crippen LogP) is 3.58. The second kappa shape index (κ2) is 7.43.